The summed E-state index contributed by atoms with van der Waals surface area (Å²) in [7, 11) is 0. The number of ether oxygens (including phenoxy) is 5. The predicted molar refractivity (Wildman–Crippen MR) is 259 cm³/mol. The highest BCUT2D eigenvalue weighted by atomic mass is 16.6. The molecule has 5 saturated heterocycles. The molecule has 11 unspecified atom stereocenters. The Kier molecular flexibility index (Phi) is 14.8. The zero-order valence-corrected chi connectivity index (χ0v) is 43.6. The number of hydrogen-bond acceptors (Lipinski definition) is 5. The lowest BCUT2D eigenvalue weighted by molar-refractivity contribution is 0.0459. The lowest BCUT2D eigenvalue weighted by atomic mass is 9.62. The fourth-order valence-electron chi connectivity index (χ4n) is 13.1. The van der Waals surface area contributed by atoms with E-state index < -0.39 is 0 Å². The van der Waals surface area contributed by atoms with E-state index in [9.17, 15) is 0 Å². The maximum Gasteiger partial charge on any atom is 0.0932 e. The number of epoxide rings is 5. The Hall–Kier alpha value is -1.50. The first-order chi connectivity index (χ1) is 27.4. The number of allylic oxidation sites excluding steroid dienone is 7. The quantitative estimate of drug-likeness (QED) is 0.0802. The lowest BCUT2D eigenvalue weighted by Gasteiger charge is -2.41. The zero-order chi connectivity index (χ0) is 46.7. The first kappa shape index (κ1) is 52.1. The van der Waals surface area contributed by atoms with Gasteiger partial charge < -0.3 is 23.7 Å². The normalized spacial score (nSPS) is 34.0. The second kappa shape index (κ2) is 17.4. The summed E-state index contributed by atoms with van der Waals surface area (Å²) in [4.78, 5) is 0. The molecule has 5 fully saturated rings. The van der Waals surface area contributed by atoms with Crippen LogP contribution in [-0.2, 0) is 23.7 Å². The minimum atomic E-state index is -0.102. The lowest BCUT2D eigenvalue weighted by Crippen LogP contribution is -2.42. The molecule has 61 heavy (non-hydrogen) atoms. The van der Waals surface area contributed by atoms with Crippen LogP contribution in [0, 0.1) is 43.3 Å². The van der Waals surface area contributed by atoms with Crippen molar-refractivity contribution in [3.63, 3.8) is 0 Å². The van der Waals surface area contributed by atoms with Gasteiger partial charge in [-0.25, -0.2) is 0 Å². The summed E-state index contributed by atoms with van der Waals surface area (Å²) < 4.78 is 30.5. The molecule has 0 saturated carbocycles. The van der Waals surface area contributed by atoms with Crippen LogP contribution >= 0.6 is 0 Å². The summed E-state index contributed by atoms with van der Waals surface area (Å²) in [5.74, 6) is 0. The summed E-state index contributed by atoms with van der Waals surface area (Å²) in [6.45, 7) is 61.1. The van der Waals surface area contributed by atoms with Crippen LogP contribution in [0.5, 0.6) is 0 Å². The average molecular weight is 849 g/mol. The van der Waals surface area contributed by atoms with Gasteiger partial charge in [0, 0.05) is 0 Å². The topological polar surface area (TPSA) is 62.6 Å². The van der Waals surface area contributed by atoms with Crippen molar-refractivity contribution in [2.24, 2.45) is 43.3 Å². The highest BCUT2D eigenvalue weighted by Crippen LogP contribution is 2.62. The third-order valence-electron chi connectivity index (χ3n) is 14.5. The molecule has 0 aromatic carbocycles. The molecular formula is C56H96O5. The van der Waals surface area contributed by atoms with Crippen LogP contribution in [0.4, 0.5) is 0 Å². The molecule has 0 aliphatic carbocycles. The van der Waals surface area contributed by atoms with E-state index in [0.29, 0.717) is 18.3 Å². The average Bonchev–Trinajstić information content (AvgIpc) is 3.84. The molecular weight excluding hydrogens is 753 g/mol. The molecule has 0 radical (unpaired) electrons. The van der Waals surface area contributed by atoms with Gasteiger partial charge in [0.05, 0.1) is 61.0 Å². The van der Waals surface area contributed by atoms with Gasteiger partial charge in [-0.1, -0.05) is 138 Å². The highest BCUT2D eigenvalue weighted by molar-refractivity contribution is 5.18. The van der Waals surface area contributed by atoms with Crippen molar-refractivity contribution < 1.29 is 23.7 Å². The largest absolute Gasteiger partial charge is 0.373 e. The Morgan fingerprint density at radius 2 is 1.02 bits per heavy atom. The molecule has 350 valence electrons. The van der Waals surface area contributed by atoms with Gasteiger partial charge in [-0.2, -0.15) is 0 Å². The van der Waals surface area contributed by atoms with Crippen molar-refractivity contribution in [1.29, 1.82) is 0 Å². The summed E-state index contributed by atoms with van der Waals surface area (Å²) >= 11 is 0. The van der Waals surface area contributed by atoms with Crippen LogP contribution in [0.25, 0.3) is 0 Å². The van der Waals surface area contributed by atoms with Crippen LogP contribution in [0.1, 0.15) is 190 Å². The summed E-state index contributed by atoms with van der Waals surface area (Å²) in [6.07, 6.45) is 18.7. The molecule has 0 bridgehead atoms. The molecule has 0 aromatic heterocycles. The van der Waals surface area contributed by atoms with Gasteiger partial charge in [-0.3, -0.25) is 0 Å². The molecule has 0 N–H and O–H groups in total. The van der Waals surface area contributed by atoms with Crippen molar-refractivity contribution in [3.05, 3.63) is 60.8 Å². The minimum Gasteiger partial charge on any atom is -0.373 e. The van der Waals surface area contributed by atoms with Gasteiger partial charge in [0.2, 0.25) is 0 Å². The Morgan fingerprint density at radius 3 is 1.36 bits per heavy atom. The molecule has 11 atom stereocenters. The van der Waals surface area contributed by atoms with E-state index in [1.165, 1.54) is 16.7 Å². The van der Waals surface area contributed by atoms with E-state index in [0.717, 1.165) is 71.2 Å². The van der Waals surface area contributed by atoms with E-state index >= 15 is 0 Å². The summed E-state index contributed by atoms with van der Waals surface area (Å²) in [5, 5.41) is 0. The minimum absolute atomic E-state index is 0.0461. The Bertz CT molecular complexity index is 1660. The molecule has 0 aromatic rings. The van der Waals surface area contributed by atoms with Gasteiger partial charge in [0.15, 0.2) is 0 Å². The molecule has 5 rings (SSSR count). The van der Waals surface area contributed by atoms with Crippen molar-refractivity contribution in [2.45, 2.75) is 231 Å². The van der Waals surface area contributed by atoms with Gasteiger partial charge in [-0.15, -0.1) is 19.7 Å². The van der Waals surface area contributed by atoms with E-state index in [1.807, 2.05) is 0 Å². The summed E-state index contributed by atoms with van der Waals surface area (Å²) in [6, 6.07) is 0. The fourth-order valence-corrected chi connectivity index (χ4v) is 13.1. The highest BCUT2D eigenvalue weighted by Gasteiger charge is 2.67. The molecule has 5 aliphatic rings. The van der Waals surface area contributed by atoms with E-state index in [-0.39, 0.29) is 66.2 Å². The number of hydrogen-bond donors (Lipinski definition) is 0. The smallest absolute Gasteiger partial charge is 0.0932 e. The third-order valence-corrected chi connectivity index (χ3v) is 14.5. The monoisotopic (exact) mass is 849 g/mol. The van der Waals surface area contributed by atoms with E-state index in [4.69, 9.17) is 23.7 Å². The SMILES string of the molecule is C=CC(C)(C/C(C)=C/C(C)(C)C)CC(C)(C=C)C/C(C)=C/C(C)(C)CC(=C)C.CC1(CC(C)(C)C2OC2(C)CC(C)(CC(C)(CC2(C)OC2C(C)(C)C)C2CO2)C2CO2)CO1. The Labute approximate surface area is 377 Å². The van der Waals surface area contributed by atoms with Crippen molar-refractivity contribution in [2.75, 3.05) is 19.8 Å². The fraction of sp³-hybridized carbons (Fsp3) is 0.821. The van der Waals surface area contributed by atoms with Crippen LogP contribution in [-0.4, -0.2) is 61.0 Å². The Morgan fingerprint density at radius 1 is 0.607 bits per heavy atom. The molecule has 5 aliphatic heterocycles. The predicted octanol–water partition coefficient (Wildman–Crippen LogP) is 15.0. The van der Waals surface area contributed by atoms with Gasteiger partial charge in [-0.05, 0) is 136 Å². The standard InChI is InChI=1S/C28H48O5.C28H48/c1-22(2,3)20-27(9,32-20)15-24(6,18-11-29-18)14-25(7,19-12-30-19)16-28(10)21(33-28)23(4,5)13-26(8)17-31-26;1-14-27(12,19-23(5)17-25(7,8)9)21-28(13,15-2)20-24(6)18-26(10,11)16-22(3)4/h18-21H,11-17H2,1-10H3;14-15,17-18H,1-3,16,19-21H2,4-13H3/b;23-17+,24-18+. The van der Waals surface area contributed by atoms with Gasteiger partial charge >= 0.3 is 0 Å². The van der Waals surface area contributed by atoms with Crippen LogP contribution in [0.3, 0.4) is 0 Å². The molecule has 5 heteroatoms. The zero-order valence-electron chi connectivity index (χ0n) is 43.6. The van der Waals surface area contributed by atoms with Crippen molar-refractivity contribution in [1.82, 2.24) is 0 Å². The second-order valence-corrected chi connectivity index (χ2v) is 27.1. The maximum absolute atomic E-state index is 6.52. The first-order valence-corrected chi connectivity index (χ1v) is 23.9. The molecule has 5 nitrogen and oxygen atoms in total. The van der Waals surface area contributed by atoms with E-state index in [1.54, 1.807) is 0 Å². The van der Waals surface area contributed by atoms with Crippen LogP contribution in [0.2, 0.25) is 0 Å². The molecule has 0 amide bonds. The van der Waals surface area contributed by atoms with Crippen molar-refractivity contribution in [3.8, 4) is 0 Å². The van der Waals surface area contributed by atoms with Crippen LogP contribution < -0.4 is 0 Å². The molecule has 5 heterocycles. The Balaban J connectivity index is 0.000000274. The number of rotatable bonds is 22. The van der Waals surface area contributed by atoms with Crippen molar-refractivity contribution >= 4 is 0 Å². The first-order valence-electron chi connectivity index (χ1n) is 23.9. The summed E-state index contributed by atoms with van der Waals surface area (Å²) in [5.41, 5.74) is 4.85. The third kappa shape index (κ3) is 14.8. The van der Waals surface area contributed by atoms with Crippen LogP contribution in [0.15, 0.2) is 60.8 Å². The van der Waals surface area contributed by atoms with E-state index in [2.05, 4.69) is 183 Å². The molecule has 0 spiro atoms. The second-order valence-electron chi connectivity index (χ2n) is 27.1. The maximum atomic E-state index is 6.52. The van der Waals surface area contributed by atoms with Gasteiger partial charge in [0.1, 0.15) is 0 Å². The van der Waals surface area contributed by atoms with Gasteiger partial charge in [0.25, 0.3) is 0 Å².